The number of guanidine groups is 1. The van der Waals surface area contributed by atoms with Crippen LogP contribution in [0.1, 0.15) is 47.9 Å². The van der Waals surface area contributed by atoms with Crippen LogP contribution in [0, 0.1) is 5.40 Å². The van der Waals surface area contributed by atoms with Crippen molar-refractivity contribution in [1.29, 1.82) is 5.40 Å². The lowest BCUT2D eigenvalue weighted by Gasteiger charge is -2.21. The molecule has 39 heavy (non-hydrogen) atoms. The second-order valence-corrected chi connectivity index (χ2v) is 8.53. The van der Waals surface area contributed by atoms with Gasteiger partial charge in [0.2, 0.25) is 11.7 Å². The van der Waals surface area contributed by atoms with Gasteiger partial charge < -0.3 is 19.9 Å². The molecule has 0 radical (unpaired) electrons. The Kier molecular flexibility index (Phi) is 8.68. The molecule has 3 N–H and O–H groups in total. The zero-order valence-electron chi connectivity index (χ0n) is 21.2. The summed E-state index contributed by atoms with van der Waals surface area (Å²) in [5.74, 6) is -0.302. The van der Waals surface area contributed by atoms with Crippen molar-refractivity contribution in [2.24, 2.45) is 5.73 Å². The van der Waals surface area contributed by atoms with Crippen molar-refractivity contribution < 1.29 is 37.0 Å². The highest BCUT2D eigenvalue weighted by Gasteiger charge is 2.36. The number of aromatic nitrogens is 2. The molecule has 4 rings (SSSR count). The van der Waals surface area contributed by atoms with Gasteiger partial charge >= 0.3 is 12.4 Å². The van der Waals surface area contributed by atoms with Crippen LogP contribution in [-0.4, -0.2) is 34.2 Å². The molecule has 2 aromatic carbocycles. The summed E-state index contributed by atoms with van der Waals surface area (Å²) in [5, 5.41) is 7.04. The zero-order chi connectivity index (χ0) is 28.2. The second kappa shape index (κ2) is 12.0. The lowest BCUT2D eigenvalue weighted by Crippen LogP contribution is -2.35. The number of alkyl halides is 6. The first kappa shape index (κ1) is 28.3. The molecule has 0 saturated carbocycles. The fourth-order valence-electron chi connectivity index (χ4n) is 4.04. The number of nitrogens with one attached hydrogen (secondary N) is 1. The Morgan fingerprint density at radius 3 is 2.56 bits per heavy atom. The Morgan fingerprint density at radius 2 is 1.90 bits per heavy atom. The molecule has 0 aliphatic carbocycles. The molecule has 1 aliphatic heterocycles. The Bertz CT molecular complexity index is 1340. The van der Waals surface area contributed by atoms with E-state index < -0.39 is 29.5 Å². The van der Waals surface area contributed by atoms with Crippen LogP contribution < -0.4 is 10.5 Å². The summed E-state index contributed by atoms with van der Waals surface area (Å²) < 4.78 is 97.1. The Morgan fingerprint density at radius 1 is 1.15 bits per heavy atom. The van der Waals surface area contributed by atoms with E-state index in [0.29, 0.717) is 18.5 Å². The Hall–Kier alpha value is -3.74. The van der Waals surface area contributed by atoms with Crippen molar-refractivity contribution in [2.45, 2.75) is 37.7 Å². The molecule has 210 valence electrons. The minimum absolute atomic E-state index is 0. The lowest BCUT2D eigenvalue weighted by molar-refractivity contribution is -0.139. The largest absolute Gasteiger partial charge is 0.493 e. The normalized spacial score (nSPS) is 16.9. The number of hydrogen-bond acceptors (Lipinski definition) is 5. The van der Waals surface area contributed by atoms with Gasteiger partial charge in [-0.2, -0.15) is 31.3 Å². The van der Waals surface area contributed by atoms with E-state index in [0.717, 1.165) is 24.6 Å². The highest BCUT2D eigenvalue weighted by atomic mass is 35.5. The first-order valence-corrected chi connectivity index (χ1v) is 11.5. The van der Waals surface area contributed by atoms with Crippen LogP contribution in [0.4, 0.5) is 26.3 Å². The van der Waals surface area contributed by atoms with E-state index >= 15 is 0 Å². The van der Waals surface area contributed by atoms with Crippen LogP contribution in [0.3, 0.4) is 0 Å². The molecule has 1 atom stereocenters. The fourth-order valence-corrected chi connectivity index (χ4v) is 4.04. The quantitative estimate of drug-likeness (QED) is 0.141. The molecule has 0 unspecified atom stereocenters. The van der Waals surface area contributed by atoms with Crippen LogP contribution in [-0.2, 0) is 12.4 Å². The molecule has 14 heteroatoms. The molecule has 0 spiro atoms. The zero-order valence-corrected chi connectivity index (χ0v) is 21.0. The summed E-state index contributed by atoms with van der Waals surface area (Å²) in [6.45, 7) is 0.433. The van der Waals surface area contributed by atoms with Gasteiger partial charge in [-0.05, 0) is 55.2 Å². The number of halogens is 7. The van der Waals surface area contributed by atoms with Crippen molar-refractivity contribution in [3.05, 3.63) is 71.1 Å². The SMILES string of the molecule is Cl.[H]/N=C(\N)N1CCC[C@H]1c1nc(-c2ccc(OCCC=Cc3ccc(C(F)(F)F)cc3)c(C(F)(F)F)c2)no1. The predicted octanol–water partition coefficient (Wildman–Crippen LogP) is 6.71. The maximum absolute atomic E-state index is 13.8. The van der Waals surface area contributed by atoms with Crippen molar-refractivity contribution in [3.8, 4) is 17.1 Å². The van der Waals surface area contributed by atoms with Crippen molar-refractivity contribution in [2.75, 3.05) is 13.2 Å². The third-order valence-electron chi connectivity index (χ3n) is 5.91. The minimum atomic E-state index is -4.73. The molecule has 2 heterocycles. The third kappa shape index (κ3) is 7.22. The van der Waals surface area contributed by atoms with E-state index in [1.807, 2.05) is 0 Å². The molecule has 0 amide bonds. The predicted molar refractivity (Wildman–Crippen MR) is 133 cm³/mol. The molecule has 1 aromatic heterocycles. The smallest absolute Gasteiger partial charge is 0.419 e. The van der Waals surface area contributed by atoms with E-state index in [4.69, 9.17) is 16.4 Å². The molecule has 7 nitrogen and oxygen atoms in total. The van der Waals surface area contributed by atoms with Crippen LogP contribution in [0.5, 0.6) is 5.75 Å². The molecule has 1 fully saturated rings. The first-order valence-electron chi connectivity index (χ1n) is 12.0. The van der Waals surface area contributed by atoms with Crippen molar-refractivity contribution >= 4 is 24.4 Å². The summed E-state index contributed by atoms with van der Waals surface area (Å²) in [7, 11) is 0. The monoisotopic (exact) mass is 575 g/mol. The van der Waals surface area contributed by atoms with Gasteiger partial charge in [0.15, 0.2) is 7.37 Å². The minimum Gasteiger partial charge on any atom is -0.493 e. The Labute approximate surface area is 227 Å². The van der Waals surface area contributed by atoms with E-state index in [2.05, 4.69) is 15.5 Å². The van der Waals surface area contributed by atoms with E-state index in [1.165, 1.54) is 24.3 Å². The fraction of sp³-hybridized carbons (Fsp3) is 0.320. The maximum atomic E-state index is 13.8. The lowest BCUT2D eigenvalue weighted by atomic mass is 10.1. The van der Waals surface area contributed by atoms with E-state index in [9.17, 15) is 26.3 Å². The number of rotatable bonds is 7. The summed E-state index contributed by atoms with van der Waals surface area (Å²) in [6, 6.07) is 7.48. The number of nitrogens with two attached hydrogens (primary N) is 1. The van der Waals surface area contributed by atoms with Gasteiger partial charge in [-0.15, -0.1) is 12.4 Å². The highest BCUT2D eigenvalue weighted by molar-refractivity contribution is 5.85. The van der Waals surface area contributed by atoms with Crippen LogP contribution >= 0.6 is 12.4 Å². The number of likely N-dealkylation sites (tertiary alicyclic amines) is 1. The molecule has 0 bridgehead atoms. The molecule has 1 saturated heterocycles. The van der Waals surface area contributed by atoms with Gasteiger partial charge in [0.05, 0.1) is 17.7 Å². The van der Waals surface area contributed by atoms with E-state index in [1.54, 1.807) is 17.1 Å². The van der Waals surface area contributed by atoms with Gasteiger partial charge in [-0.1, -0.05) is 29.4 Å². The van der Waals surface area contributed by atoms with Crippen LogP contribution in [0.15, 0.2) is 53.1 Å². The molecule has 3 aromatic rings. The molecule has 1 aliphatic rings. The average molecular weight is 576 g/mol. The van der Waals surface area contributed by atoms with Gasteiger partial charge in [-0.3, -0.25) is 5.40 Å². The van der Waals surface area contributed by atoms with Gasteiger partial charge in [-0.25, -0.2) is 0 Å². The van der Waals surface area contributed by atoms with E-state index in [-0.39, 0.29) is 54.4 Å². The highest BCUT2D eigenvalue weighted by Crippen LogP contribution is 2.39. The second-order valence-electron chi connectivity index (χ2n) is 8.53. The summed E-state index contributed by atoms with van der Waals surface area (Å²) >= 11 is 0. The number of hydrogen-bond donors (Lipinski definition) is 2. The molecular weight excluding hydrogens is 552 g/mol. The average Bonchev–Trinajstić information content (AvgIpc) is 3.57. The van der Waals surface area contributed by atoms with Crippen molar-refractivity contribution in [3.63, 3.8) is 0 Å². The summed E-state index contributed by atoms with van der Waals surface area (Å²) in [5.41, 5.74) is 4.52. The van der Waals surface area contributed by atoms with Crippen LogP contribution in [0.25, 0.3) is 17.5 Å². The van der Waals surface area contributed by atoms with Gasteiger partial charge in [0.1, 0.15) is 11.8 Å². The topological polar surface area (TPSA) is 101 Å². The van der Waals surface area contributed by atoms with Gasteiger partial charge in [0, 0.05) is 12.1 Å². The number of benzene rings is 2. The van der Waals surface area contributed by atoms with Gasteiger partial charge in [0.25, 0.3) is 0 Å². The third-order valence-corrected chi connectivity index (χ3v) is 5.91. The molecular formula is C25H24ClF6N5O2. The standard InChI is InChI=1S/C25H23F6N5O2.ClH/c26-24(27,28)17-9-6-15(7-10-17)4-1-2-13-37-20-11-8-16(14-18(20)25(29,30)31)21-34-22(38-35-21)19-5-3-12-36(19)23(32)33;/h1,4,6-11,14,19H,2-3,5,12-13H2,(H3,32,33);1H/t19-;/m0./s1. The summed E-state index contributed by atoms with van der Waals surface area (Å²) in [4.78, 5) is 5.86. The van der Waals surface area contributed by atoms with Crippen LogP contribution in [0.2, 0.25) is 1.41 Å². The Balaban J connectivity index is 0.00000441. The van der Waals surface area contributed by atoms with Crippen molar-refractivity contribution in [1.82, 2.24) is 15.0 Å². The summed E-state index contributed by atoms with van der Waals surface area (Å²) in [6.07, 6.45) is -4.45. The first-order chi connectivity index (χ1) is 18.5. The maximum Gasteiger partial charge on any atom is 0.419 e. The number of nitrogens with zero attached hydrogens (tertiary/aromatic N) is 3. The number of ether oxygens (including phenoxy) is 1.